The zero-order chi connectivity index (χ0) is 7.11. The molecule has 0 saturated heterocycles. The van der Waals surface area contributed by atoms with Crippen LogP contribution in [0.25, 0.3) is 0 Å². The topological polar surface area (TPSA) is 26.3 Å². The lowest BCUT2D eigenvalue weighted by Crippen LogP contribution is -1.83. The van der Waals surface area contributed by atoms with Crippen LogP contribution in [0.2, 0.25) is 0 Å². The van der Waals surface area contributed by atoms with E-state index in [-0.39, 0.29) is 0 Å². The first kappa shape index (κ1) is 9.67. The highest BCUT2D eigenvalue weighted by Gasteiger charge is 1.94. The predicted octanol–water partition coefficient (Wildman–Crippen LogP) is 2.28. The molecule has 9 heavy (non-hydrogen) atoms. The molecule has 0 heterocycles. The number of halogens is 1. The van der Waals surface area contributed by atoms with Gasteiger partial charge in [0.05, 0.1) is 6.61 Å². The van der Waals surface area contributed by atoms with Gasteiger partial charge in [-0.1, -0.05) is 15.9 Å². The van der Waals surface area contributed by atoms with Crippen molar-refractivity contribution in [2.75, 3.05) is 18.1 Å². The Bertz CT molecular complexity index is 87.0. The Balaban J connectivity index is 3.06. The molecule has 0 N–H and O–H groups in total. The third kappa shape index (κ3) is 6.56. The summed E-state index contributed by atoms with van der Waals surface area (Å²) in [6.07, 6.45) is 1.65. The molecule has 0 aliphatic carbocycles. The average molecular weight is 215 g/mol. The van der Waals surface area contributed by atoms with Gasteiger partial charge in [-0.05, 0) is 13.3 Å². The zero-order valence-electron chi connectivity index (χ0n) is 5.52. The summed E-state index contributed by atoms with van der Waals surface area (Å²) in [6.45, 7) is 2.43. The summed E-state index contributed by atoms with van der Waals surface area (Å²) in [6, 6.07) is 0. The molecule has 0 amide bonds. The van der Waals surface area contributed by atoms with Crippen molar-refractivity contribution in [1.82, 2.24) is 0 Å². The summed E-state index contributed by atoms with van der Waals surface area (Å²) in [5.74, 6) is 0. The van der Waals surface area contributed by atoms with E-state index in [0.29, 0.717) is 12.8 Å². The second-order valence-corrected chi connectivity index (χ2v) is 3.92. The van der Waals surface area contributed by atoms with Crippen LogP contribution in [0.5, 0.6) is 0 Å². The lowest BCUT2D eigenvalue weighted by atomic mass is 10.6. The SMILES string of the molecule is CCO[PH](=O)CCCBr. The summed E-state index contributed by atoms with van der Waals surface area (Å²) in [5.41, 5.74) is 0. The maximum Gasteiger partial charge on any atom is 0.191 e. The van der Waals surface area contributed by atoms with E-state index in [4.69, 9.17) is 4.52 Å². The van der Waals surface area contributed by atoms with Gasteiger partial charge in [0, 0.05) is 11.5 Å². The van der Waals surface area contributed by atoms with Crippen LogP contribution in [-0.2, 0) is 9.09 Å². The maximum atomic E-state index is 10.7. The standard InChI is InChI=1S/C5H12BrO2P/c1-2-8-9(7)5-3-4-6/h9H,2-5H2,1H3. The highest BCUT2D eigenvalue weighted by atomic mass is 79.9. The maximum absolute atomic E-state index is 10.7. The first-order chi connectivity index (χ1) is 4.31. The van der Waals surface area contributed by atoms with E-state index in [1.165, 1.54) is 0 Å². The van der Waals surface area contributed by atoms with Crippen molar-refractivity contribution in [1.29, 1.82) is 0 Å². The summed E-state index contributed by atoms with van der Waals surface area (Å²) >= 11 is 3.25. The highest BCUT2D eigenvalue weighted by Crippen LogP contribution is 2.22. The van der Waals surface area contributed by atoms with Gasteiger partial charge in [-0.25, -0.2) is 0 Å². The van der Waals surface area contributed by atoms with Crippen LogP contribution in [0, 0.1) is 0 Å². The van der Waals surface area contributed by atoms with E-state index in [1.807, 2.05) is 6.92 Å². The Morgan fingerprint density at radius 3 is 2.78 bits per heavy atom. The Hall–Kier alpha value is 0.670. The molecule has 0 aliphatic heterocycles. The second-order valence-electron chi connectivity index (χ2n) is 1.60. The third-order valence-corrected chi connectivity index (χ3v) is 2.75. The molecule has 0 saturated carbocycles. The first-order valence-corrected chi connectivity index (χ1v) is 5.67. The molecule has 0 rings (SSSR count). The van der Waals surface area contributed by atoms with Crippen molar-refractivity contribution in [3.63, 3.8) is 0 Å². The minimum Gasteiger partial charge on any atom is -0.331 e. The zero-order valence-corrected chi connectivity index (χ0v) is 8.11. The van der Waals surface area contributed by atoms with Crippen molar-refractivity contribution in [3.8, 4) is 0 Å². The molecule has 2 nitrogen and oxygen atoms in total. The molecule has 0 fully saturated rings. The molecule has 0 aromatic heterocycles. The normalized spacial score (nSPS) is 13.6. The van der Waals surface area contributed by atoms with Crippen molar-refractivity contribution in [3.05, 3.63) is 0 Å². The molecule has 1 unspecified atom stereocenters. The Morgan fingerprint density at radius 1 is 1.67 bits per heavy atom. The summed E-state index contributed by atoms with van der Waals surface area (Å²) in [4.78, 5) is 0. The lowest BCUT2D eigenvalue weighted by Gasteiger charge is -1.97. The van der Waals surface area contributed by atoms with Gasteiger partial charge in [0.1, 0.15) is 0 Å². The monoisotopic (exact) mass is 214 g/mol. The third-order valence-electron chi connectivity index (χ3n) is 0.820. The van der Waals surface area contributed by atoms with E-state index in [9.17, 15) is 4.57 Å². The molecule has 0 spiro atoms. The van der Waals surface area contributed by atoms with Gasteiger partial charge in [-0.15, -0.1) is 0 Å². The molecule has 0 aromatic rings. The molecule has 0 radical (unpaired) electrons. The Kier molecular flexibility index (Phi) is 7.29. The van der Waals surface area contributed by atoms with E-state index in [1.54, 1.807) is 0 Å². The largest absolute Gasteiger partial charge is 0.331 e. The molecule has 56 valence electrons. The lowest BCUT2D eigenvalue weighted by molar-refractivity contribution is 0.350. The molecule has 0 bridgehead atoms. The van der Waals surface area contributed by atoms with E-state index < -0.39 is 8.03 Å². The van der Waals surface area contributed by atoms with Gasteiger partial charge in [0.25, 0.3) is 0 Å². The fourth-order valence-electron chi connectivity index (χ4n) is 0.444. The first-order valence-electron chi connectivity index (χ1n) is 3.02. The molecule has 0 aliphatic rings. The molecule has 0 aromatic carbocycles. The quantitative estimate of drug-likeness (QED) is 0.519. The summed E-state index contributed by atoms with van der Waals surface area (Å²) < 4.78 is 15.6. The van der Waals surface area contributed by atoms with Crippen LogP contribution in [0.1, 0.15) is 13.3 Å². The van der Waals surface area contributed by atoms with E-state index in [2.05, 4.69) is 15.9 Å². The van der Waals surface area contributed by atoms with Gasteiger partial charge >= 0.3 is 0 Å². The second kappa shape index (κ2) is 6.79. The number of alkyl halides is 1. The van der Waals surface area contributed by atoms with Crippen LogP contribution in [0.4, 0.5) is 0 Å². The average Bonchev–Trinajstić information content (AvgIpc) is 1.85. The molecular weight excluding hydrogens is 203 g/mol. The van der Waals surface area contributed by atoms with Crippen molar-refractivity contribution < 1.29 is 9.09 Å². The van der Waals surface area contributed by atoms with Gasteiger partial charge < -0.3 is 4.52 Å². The van der Waals surface area contributed by atoms with Crippen molar-refractivity contribution in [2.24, 2.45) is 0 Å². The summed E-state index contributed by atoms with van der Waals surface area (Å²) in [7, 11) is -1.68. The fraction of sp³-hybridized carbons (Fsp3) is 1.00. The van der Waals surface area contributed by atoms with E-state index >= 15 is 0 Å². The smallest absolute Gasteiger partial charge is 0.191 e. The van der Waals surface area contributed by atoms with E-state index in [0.717, 1.165) is 11.8 Å². The highest BCUT2D eigenvalue weighted by molar-refractivity contribution is 9.09. The van der Waals surface area contributed by atoms with Crippen molar-refractivity contribution >= 4 is 24.0 Å². The minimum absolute atomic E-state index is 0.570. The number of hydrogen-bond acceptors (Lipinski definition) is 2. The Morgan fingerprint density at radius 2 is 2.33 bits per heavy atom. The number of hydrogen-bond donors (Lipinski definition) is 0. The molecule has 1 atom stereocenters. The van der Waals surface area contributed by atoms with Crippen molar-refractivity contribution in [2.45, 2.75) is 13.3 Å². The van der Waals surface area contributed by atoms with Crippen LogP contribution in [0.15, 0.2) is 0 Å². The molecular formula is C5H12BrO2P. The number of rotatable bonds is 5. The fourth-order valence-corrected chi connectivity index (χ4v) is 2.17. The minimum atomic E-state index is -1.68. The van der Waals surface area contributed by atoms with Crippen LogP contribution >= 0.6 is 24.0 Å². The summed E-state index contributed by atoms with van der Waals surface area (Å²) in [5, 5.41) is 0.913. The van der Waals surface area contributed by atoms with Gasteiger partial charge in [0.2, 0.25) is 0 Å². The van der Waals surface area contributed by atoms with Crippen LogP contribution in [0.3, 0.4) is 0 Å². The van der Waals surface area contributed by atoms with Gasteiger partial charge in [-0.3, -0.25) is 4.57 Å². The Labute approximate surface area is 65.0 Å². The van der Waals surface area contributed by atoms with Gasteiger partial charge in [0.15, 0.2) is 8.03 Å². The predicted molar refractivity (Wildman–Crippen MR) is 43.9 cm³/mol. The van der Waals surface area contributed by atoms with Crippen LogP contribution < -0.4 is 0 Å². The molecule has 4 heteroatoms. The van der Waals surface area contributed by atoms with Crippen LogP contribution in [-0.4, -0.2) is 18.1 Å². The van der Waals surface area contributed by atoms with Gasteiger partial charge in [-0.2, -0.15) is 0 Å².